The molecule has 0 aliphatic heterocycles. The van der Waals surface area contributed by atoms with Crippen molar-refractivity contribution >= 4 is 35.2 Å². The third-order valence-corrected chi connectivity index (χ3v) is 4.35. The van der Waals surface area contributed by atoms with Crippen LogP contribution in [0.4, 0.5) is 48.5 Å². The minimum absolute atomic E-state index is 0.0106. The topological polar surface area (TPSA) is 153 Å². The number of carbonyl (C=O) groups is 3. The van der Waals surface area contributed by atoms with Gasteiger partial charge in [-0.2, -0.15) is 31.6 Å². The summed E-state index contributed by atoms with van der Waals surface area (Å²) in [5.41, 5.74) is -4.02. The minimum Gasteiger partial charge on any atom is -0.480 e. The maximum atomic E-state index is 13.0. The van der Waals surface area contributed by atoms with Crippen LogP contribution in [0.25, 0.3) is 0 Å². The Morgan fingerprint density at radius 1 is 0.889 bits per heavy atom. The molecule has 3 aromatic rings. The zero-order valence-corrected chi connectivity index (χ0v) is 17.5. The van der Waals surface area contributed by atoms with Crippen LogP contribution in [0, 0.1) is 0 Å². The second-order valence-corrected chi connectivity index (χ2v) is 6.95. The van der Waals surface area contributed by atoms with Crippen LogP contribution in [-0.4, -0.2) is 50.2 Å². The van der Waals surface area contributed by atoms with E-state index in [0.29, 0.717) is 17.0 Å². The summed E-state index contributed by atoms with van der Waals surface area (Å²) in [6, 6.07) is 4.17. The Hall–Kier alpha value is -4.70. The predicted molar refractivity (Wildman–Crippen MR) is 109 cm³/mol. The number of urea groups is 1. The lowest BCUT2D eigenvalue weighted by Gasteiger charge is -2.16. The molecule has 1 aromatic heterocycles. The van der Waals surface area contributed by atoms with Crippen molar-refractivity contribution in [3.63, 3.8) is 0 Å². The highest BCUT2D eigenvalue weighted by Crippen LogP contribution is 2.37. The number of anilines is 3. The maximum Gasteiger partial charge on any atom is 0.416 e. The fraction of sp³-hybridized carbons (Fsp3) is 0.158. The number of tetrazole rings is 1. The highest BCUT2D eigenvalue weighted by Gasteiger charge is 2.37. The molecular weight excluding hydrogens is 504 g/mol. The van der Waals surface area contributed by atoms with Gasteiger partial charge in [0.15, 0.2) is 0 Å². The number of hydrogen-bond donors (Lipinski definition) is 4. The second kappa shape index (κ2) is 9.88. The lowest BCUT2D eigenvalue weighted by atomic mass is 10.1. The Kier molecular flexibility index (Phi) is 7.12. The van der Waals surface area contributed by atoms with Crippen molar-refractivity contribution < 1.29 is 45.8 Å². The van der Waals surface area contributed by atoms with E-state index in [1.54, 1.807) is 0 Å². The summed E-state index contributed by atoms with van der Waals surface area (Å²) >= 11 is 0. The SMILES string of the molecule is O=C(O)CN(C(=O)c1ccc(NC(=O)Nc2cc(C(F)(F)F)cc(C(F)(F)F)c2)cc1)c1nn[nH]n1. The first-order valence-corrected chi connectivity index (χ1v) is 9.48. The van der Waals surface area contributed by atoms with Gasteiger partial charge in [0.05, 0.1) is 11.1 Å². The van der Waals surface area contributed by atoms with Gasteiger partial charge in [0.2, 0.25) is 0 Å². The number of rotatable bonds is 6. The highest BCUT2D eigenvalue weighted by atomic mass is 19.4. The van der Waals surface area contributed by atoms with Gasteiger partial charge in [0.25, 0.3) is 11.9 Å². The van der Waals surface area contributed by atoms with Gasteiger partial charge < -0.3 is 15.7 Å². The Labute approximate surface area is 196 Å². The maximum absolute atomic E-state index is 13.0. The van der Waals surface area contributed by atoms with Crippen LogP contribution >= 0.6 is 0 Å². The summed E-state index contributed by atoms with van der Waals surface area (Å²) in [7, 11) is 0. The molecule has 0 spiro atoms. The van der Waals surface area contributed by atoms with E-state index in [0.717, 1.165) is 0 Å². The molecule has 0 saturated carbocycles. The molecule has 0 atom stereocenters. The number of amides is 3. The number of aromatic amines is 1. The molecule has 0 bridgehead atoms. The molecule has 36 heavy (non-hydrogen) atoms. The third kappa shape index (κ3) is 6.45. The number of aliphatic carboxylic acids is 1. The molecule has 0 aliphatic rings. The van der Waals surface area contributed by atoms with Gasteiger partial charge in [0.1, 0.15) is 6.54 Å². The van der Waals surface area contributed by atoms with Crippen molar-refractivity contribution in [3.05, 3.63) is 59.2 Å². The average Bonchev–Trinajstić information content (AvgIpc) is 3.30. The van der Waals surface area contributed by atoms with Crippen LogP contribution in [0.3, 0.4) is 0 Å². The van der Waals surface area contributed by atoms with E-state index in [1.165, 1.54) is 24.3 Å². The van der Waals surface area contributed by atoms with E-state index in [1.807, 2.05) is 5.32 Å². The zero-order chi connectivity index (χ0) is 26.7. The van der Waals surface area contributed by atoms with Gasteiger partial charge in [-0.05, 0) is 47.7 Å². The van der Waals surface area contributed by atoms with Crippen molar-refractivity contribution in [2.45, 2.75) is 12.4 Å². The molecule has 190 valence electrons. The first kappa shape index (κ1) is 25.9. The van der Waals surface area contributed by atoms with Gasteiger partial charge in [-0.15, -0.1) is 5.10 Å². The third-order valence-electron chi connectivity index (χ3n) is 4.35. The number of H-pyrrole nitrogens is 1. The molecule has 0 saturated heterocycles. The van der Waals surface area contributed by atoms with Gasteiger partial charge in [-0.1, -0.05) is 5.10 Å². The molecular formula is C19H13F6N7O4. The van der Waals surface area contributed by atoms with Gasteiger partial charge >= 0.3 is 24.4 Å². The molecule has 1 heterocycles. The number of benzene rings is 2. The number of carboxylic acid groups (broad SMARTS) is 1. The number of carboxylic acids is 1. The van der Waals surface area contributed by atoms with Crippen LogP contribution in [-0.2, 0) is 17.1 Å². The lowest BCUT2D eigenvalue weighted by Crippen LogP contribution is -2.36. The van der Waals surface area contributed by atoms with Crippen molar-refractivity contribution in [2.75, 3.05) is 22.1 Å². The normalized spacial score (nSPS) is 11.6. The van der Waals surface area contributed by atoms with Crippen LogP contribution in [0.5, 0.6) is 0 Å². The second-order valence-electron chi connectivity index (χ2n) is 6.95. The van der Waals surface area contributed by atoms with Crippen LogP contribution in [0.1, 0.15) is 21.5 Å². The quantitative estimate of drug-likeness (QED) is 0.365. The molecule has 0 unspecified atom stereocenters. The molecule has 3 rings (SSSR count). The number of nitrogens with one attached hydrogen (secondary N) is 3. The van der Waals surface area contributed by atoms with E-state index < -0.39 is 53.6 Å². The lowest BCUT2D eigenvalue weighted by molar-refractivity contribution is -0.143. The number of halogens is 6. The van der Waals surface area contributed by atoms with Gasteiger partial charge in [-0.25, -0.2) is 4.79 Å². The summed E-state index contributed by atoms with van der Waals surface area (Å²) in [4.78, 5) is 36.6. The number of alkyl halides is 6. The molecule has 11 nitrogen and oxygen atoms in total. The van der Waals surface area contributed by atoms with E-state index in [4.69, 9.17) is 5.11 Å². The fourth-order valence-electron chi connectivity index (χ4n) is 2.81. The van der Waals surface area contributed by atoms with Gasteiger partial charge in [-0.3, -0.25) is 14.5 Å². The van der Waals surface area contributed by atoms with Crippen LogP contribution in [0.2, 0.25) is 0 Å². The number of hydrogen-bond acceptors (Lipinski definition) is 6. The molecule has 2 aromatic carbocycles. The largest absolute Gasteiger partial charge is 0.480 e. The monoisotopic (exact) mass is 517 g/mol. The molecule has 0 radical (unpaired) electrons. The summed E-state index contributed by atoms with van der Waals surface area (Å²) in [6.45, 7) is -0.794. The van der Waals surface area contributed by atoms with Crippen molar-refractivity contribution in [2.24, 2.45) is 0 Å². The average molecular weight is 517 g/mol. The number of carbonyl (C=O) groups excluding carboxylic acids is 2. The Balaban J connectivity index is 1.74. The summed E-state index contributed by atoms with van der Waals surface area (Å²) in [6.07, 6.45) is -10.2. The Morgan fingerprint density at radius 3 is 1.92 bits per heavy atom. The summed E-state index contributed by atoms with van der Waals surface area (Å²) in [5.74, 6) is -2.52. The predicted octanol–water partition coefficient (Wildman–Crippen LogP) is 3.61. The van der Waals surface area contributed by atoms with Crippen molar-refractivity contribution in [3.8, 4) is 0 Å². The van der Waals surface area contributed by atoms with E-state index in [2.05, 4.69) is 25.9 Å². The zero-order valence-electron chi connectivity index (χ0n) is 17.5. The first-order chi connectivity index (χ1) is 16.7. The van der Waals surface area contributed by atoms with E-state index in [9.17, 15) is 40.7 Å². The van der Waals surface area contributed by atoms with Crippen molar-refractivity contribution in [1.82, 2.24) is 20.6 Å². The molecule has 17 heteroatoms. The van der Waals surface area contributed by atoms with E-state index in [-0.39, 0.29) is 23.3 Å². The first-order valence-electron chi connectivity index (χ1n) is 9.48. The van der Waals surface area contributed by atoms with Crippen LogP contribution < -0.4 is 15.5 Å². The number of nitrogens with zero attached hydrogens (tertiary/aromatic N) is 4. The number of aromatic nitrogens is 4. The minimum atomic E-state index is -5.09. The Morgan fingerprint density at radius 2 is 1.44 bits per heavy atom. The molecule has 3 amide bonds. The molecule has 4 N–H and O–H groups in total. The van der Waals surface area contributed by atoms with Crippen LogP contribution in [0.15, 0.2) is 42.5 Å². The smallest absolute Gasteiger partial charge is 0.416 e. The fourth-order valence-corrected chi connectivity index (χ4v) is 2.81. The standard InChI is InChI=1S/C19H13F6N7O4/c20-18(21,22)10-5-11(19(23,24)25)7-13(6-10)27-17(36)26-12-3-1-9(2-4-12)15(35)32(8-14(33)34)16-28-30-31-29-16/h1-7H,8H2,(H,33,34)(H2,26,27,36)(H,28,29,30,31). The van der Waals surface area contributed by atoms with Crippen molar-refractivity contribution in [1.29, 1.82) is 0 Å². The molecule has 0 fully saturated rings. The highest BCUT2D eigenvalue weighted by molar-refractivity contribution is 6.07. The summed E-state index contributed by atoms with van der Waals surface area (Å²) < 4.78 is 77.8. The summed E-state index contributed by atoms with van der Waals surface area (Å²) in [5, 5.41) is 25.5. The Bertz CT molecular complexity index is 1230. The molecule has 0 aliphatic carbocycles. The van der Waals surface area contributed by atoms with E-state index >= 15 is 0 Å². The van der Waals surface area contributed by atoms with Gasteiger partial charge in [0, 0.05) is 16.9 Å².